The smallest absolute Gasteiger partial charge is 0.348 e. The molecule has 4 aromatic rings. The number of likely N-dealkylation sites (N-methyl/N-ethyl adjacent to an activating group) is 1. The maximum atomic E-state index is 12.2. The molecule has 0 aliphatic rings. The van der Waals surface area contributed by atoms with Crippen LogP contribution in [0, 0.1) is 0 Å². The van der Waals surface area contributed by atoms with Gasteiger partial charge in [-0.05, 0) is 36.8 Å². The highest BCUT2D eigenvalue weighted by atomic mass is 16.5. The molecule has 0 unspecified atom stereocenters. The van der Waals surface area contributed by atoms with Gasteiger partial charge in [0.15, 0.2) is 0 Å². The van der Waals surface area contributed by atoms with Crippen molar-refractivity contribution in [2.24, 2.45) is 5.73 Å². The third-order valence-electron chi connectivity index (χ3n) is 5.13. The van der Waals surface area contributed by atoms with E-state index in [9.17, 15) is 9.59 Å². The molecule has 0 spiro atoms. The van der Waals surface area contributed by atoms with Gasteiger partial charge < -0.3 is 15.0 Å². The summed E-state index contributed by atoms with van der Waals surface area (Å²) in [6, 6.07) is 21.4. The summed E-state index contributed by atoms with van der Waals surface area (Å²) in [6.45, 7) is 3.16. The van der Waals surface area contributed by atoms with E-state index < -0.39 is 5.91 Å². The molecule has 152 valence electrons. The maximum absolute atomic E-state index is 12.2. The molecule has 1 heterocycles. The van der Waals surface area contributed by atoms with Crippen molar-refractivity contribution < 1.29 is 19.6 Å². The first-order chi connectivity index (χ1) is 14.6. The van der Waals surface area contributed by atoms with Gasteiger partial charge in [-0.3, -0.25) is 10.1 Å². The first-order valence-electron chi connectivity index (χ1n) is 9.96. The van der Waals surface area contributed by atoms with Gasteiger partial charge in [-0.1, -0.05) is 42.5 Å². The molecule has 4 rings (SSSR count). The summed E-state index contributed by atoms with van der Waals surface area (Å²) in [5.74, 6) is -0.00178. The van der Waals surface area contributed by atoms with Crippen LogP contribution in [-0.2, 0) is 11.3 Å². The number of benzene rings is 3. The summed E-state index contributed by atoms with van der Waals surface area (Å²) in [4.78, 5) is 24.2. The van der Waals surface area contributed by atoms with Crippen LogP contribution in [0.5, 0.6) is 5.75 Å². The van der Waals surface area contributed by atoms with Gasteiger partial charge in [0.05, 0.1) is 23.0 Å². The largest absolute Gasteiger partial charge is 0.479 e. The molecule has 0 bridgehead atoms. The van der Waals surface area contributed by atoms with Gasteiger partial charge in [0, 0.05) is 17.5 Å². The van der Waals surface area contributed by atoms with Crippen molar-refractivity contribution in [2.75, 3.05) is 13.2 Å². The molecule has 0 saturated carbocycles. The zero-order valence-corrected chi connectivity index (χ0v) is 16.8. The van der Waals surface area contributed by atoms with Crippen LogP contribution in [0.3, 0.4) is 0 Å². The van der Waals surface area contributed by atoms with Crippen LogP contribution in [-0.4, -0.2) is 29.5 Å². The average Bonchev–Trinajstić information content (AvgIpc) is 3.07. The third kappa shape index (κ3) is 3.65. The second-order valence-corrected chi connectivity index (χ2v) is 7.15. The standard InChI is InChI=1S/C24H23N3O3/c1-2-26-21(28)15-30-20-13-7-12-19-23(20)22-17(24(25)29)10-6-11-18(22)27(19)14-16-8-4-3-5-9-16/h3-13H,2,14-15H2,1H3,(H2,25,29)(H,26,28)/p+1. The lowest BCUT2D eigenvalue weighted by Gasteiger charge is -2.09. The number of nitrogens with zero attached hydrogens (tertiary/aromatic N) is 1. The number of ether oxygens (including phenoxy) is 1. The van der Waals surface area contributed by atoms with Crippen LogP contribution in [0.2, 0.25) is 0 Å². The number of rotatable bonds is 7. The van der Waals surface area contributed by atoms with Crippen LogP contribution in [0.15, 0.2) is 66.7 Å². The lowest BCUT2D eigenvalue weighted by Crippen LogP contribution is -2.88. The molecule has 0 atom stereocenters. The molecule has 0 aliphatic carbocycles. The summed E-state index contributed by atoms with van der Waals surface area (Å²) in [5.41, 5.74) is 9.09. The van der Waals surface area contributed by atoms with Crippen LogP contribution >= 0.6 is 0 Å². The molecule has 0 aliphatic heterocycles. The lowest BCUT2D eigenvalue weighted by molar-refractivity contribution is -0.565. The Kier molecular flexibility index (Phi) is 5.50. The van der Waals surface area contributed by atoms with E-state index in [0.717, 1.165) is 27.4 Å². The molecular formula is C24H24N3O3+. The van der Waals surface area contributed by atoms with Crippen molar-refractivity contribution in [3.8, 4) is 5.75 Å². The van der Waals surface area contributed by atoms with Crippen LogP contribution < -0.4 is 15.8 Å². The predicted molar refractivity (Wildman–Crippen MR) is 116 cm³/mol. The topological polar surface area (TPSA) is 90.9 Å². The van der Waals surface area contributed by atoms with Gasteiger partial charge in [0.2, 0.25) is 12.5 Å². The molecule has 6 nitrogen and oxygen atoms in total. The van der Waals surface area contributed by atoms with Gasteiger partial charge >= 0.3 is 5.91 Å². The number of primary amides is 2. The molecule has 3 aromatic carbocycles. The van der Waals surface area contributed by atoms with Crippen molar-refractivity contribution in [2.45, 2.75) is 13.5 Å². The summed E-state index contributed by atoms with van der Waals surface area (Å²) in [7, 11) is 0. The first kappa shape index (κ1) is 19.7. The van der Waals surface area contributed by atoms with E-state index in [1.54, 1.807) is 11.4 Å². The Hall–Kier alpha value is -3.64. The highest BCUT2D eigenvalue weighted by Crippen LogP contribution is 2.38. The number of hydrogen-bond donors (Lipinski definition) is 2. The lowest BCUT2D eigenvalue weighted by atomic mass is 10.1. The Bertz CT molecular complexity index is 1230. The Morgan fingerprint density at radius 2 is 1.63 bits per heavy atom. The Morgan fingerprint density at radius 1 is 0.933 bits per heavy atom. The monoisotopic (exact) mass is 402 g/mol. The summed E-state index contributed by atoms with van der Waals surface area (Å²) >= 11 is 0. The minimum atomic E-state index is -0.496. The van der Waals surface area contributed by atoms with Gasteiger partial charge in [-0.15, -0.1) is 0 Å². The fourth-order valence-corrected chi connectivity index (χ4v) is 3.85. The van der Waals surface area contributed by atoms with Crippen molar-refractivity contribution in [3.05, 3.63) is 77.9 Å². The van der Waals surface area contributed by atoms with Gasteiger partial charge in [-0.25, -0.2) is 4.79 Å². The van der Waals surface area contributed by atoms with E-state index in [1.165, 1.54) is 0 Å². The van der Waals surface area contributed by atoms with E-state index in [4.69, 9.17) is 10.5 Å². The number of carbonyl (C=O) groups excluding carboxylic acids is 2. The molecule has 0 saturated heterocycles. The number of fused-ring (bicyclic) bond motifs is 3. The number of amides is 2. The third-order valence-corrected chi connectivity index (χ3v) is 5.13. The highest BCUT2D eigenvalue weighted by Gasteiger charge is 2.20. The van der Waals surface area contributed by atoms with Gasteiger partial charge in [0.1, 0.15) is 5.75 Å². The summed E-state index contributed by atoms with van der Waals surface area (Å²) < 4.78 is 8.05. The van der Waals surface area contributed by atoms with Crippen LogP contribution in [0.4, 0.5) is 0 Å². The van der Waals surface area contributed by atoms with E-state index in [1.807, 2.05) is 55.5 Å². The number of hydrogen-bond acceptors (Lipinski definition) is 3. The number of carbonyl (C=O) groups is 2. The predicted octanol–water partition coefficient (Wildman–Crippen LogP) is 2.43. The van der Waals surface area contributed by atoms with E-state index in [0.29, 0.717) is 24.4 Å². The zero-order chi connectivity index (χ0) is 21.1. The minimum absolute atomic E-state index is 0.0446. The quantitative estimate of drug-likeness (QED) is 0.497. The van der Waals surface area contributed by atoms with Crippen molar-refractivity contribution in [1.82, 2.24) is 4.57 Å². The fraction of sp³-hybridized carbons (Fsp3) is 0.167. The number of nitrogens with two attached hydrogens (primary N) is 2. The summed E-state index contributed by atoms with van der Waals surface area (Å²) in [6.07, 6.45) is 0. The average molecular weight is 402 g/mol. The number of aromatic nitrogens is 1. The molecule has 4 N–H and O–H groups in total. The van der Waals surface area contributed by atoms with Crippen molar-refractivity contribution in [1.29, 1.82) is 0 Å². The second kappa shape index (κ2) is 8.39. The summed E-state index contributed by atoms with van der Waals surface area (Å²) in [5, 5.41) is 3.15. The van der Waals surface area contributed by atoms with Crippen LogP contribution in [0.1, 0.15) is 22.8 Å². The minimum Gasteiger partial charge on any atom is -0.479 e. The van der Waals surface area contributed by atoms with E-state index >= 15 is 0 Å². The Balaban J connectivity index is 1.93. The van der Waals surface area contributed by atoms with Crippen molar-refractivity contribution in [3.63, 3.8) is 0 Å². The molecular weight excluding hydrogens is 378 g/mol. The SMILES string of the molecule is CC[NH2+]C(=O)COc1cccc2c1c1c(C(N)=O)cccc1n2Cc1ccccc1. The Morgan fingerprint density at radius 3 is 2.33 bits per heavy atom. The van der Waals surface area contributed by atoms with Gasteiger partial charge in [-0.2, -0.15) is 0 Å². The first-order valence-corrected chi connectivity index (χ1v) is 9.96. The molecule has 1 aromatic heterocycles. The fourth-order valence-electron chi connectivity index (χ4n) is 3.85. The maximum Gasteiger partial charge on any atom is 0.348 e. The van der Waals surface area contributed by atoms with Crippen LogP contribution in [0.25, 0.3) is 21.8 Å². The molecule has 30 heavy (non-hydrogen) atoms. The molecule has 0 radical (unpaired) electrons. The molecule has 0 fully saturated rings. The zero-order valence-electron chi connectivity index (χ0n) is 16.8. The van der Waals surface area contributed by atoms with E-state index in [2.05, 4.69) is 16.7 Å². The van der Waals surface area contributed by atoms with Crippen molar-refractivity contribution >= 4 is 33.6 Å². The normalized spacial score (nSPS) is 11.1. The highest BCUT2D eigenvalue weighted by molar-refractivity contribution is 6.19. The number of quaternary nitrogens is 1. The second-order valence-electron chi connectivity index (χ2n) is 7.15. The van der Waals surface area contributed by atoms with E-state index in [-0.39, 0.29) is 12.5 Å². The Labute approximate surface area is 174 Å². The van der Waals surface area contributed by atoms with Gasteiger partial charge in [0.25, 0.3) is 0 Å². The molecule has 6 heteroatoms. The molecule has 2 amide bonds.